The first-order valence-electron chi connectivity index (χ1n) is 11.5. The van der Waals surface area contributed by atoms with Crippen LogP contribution in [0.5, 0.6) is 5.75 Å². The number of aromatic hydroxyl groups is 1. The normalized spacial score (nSPS) is 11.6. The summed E-state index contributed by atoms with van der Waals surface area (Å²) in [5.41, 5.74) is -0.0309. The molecule has 0 radical (unpaired) electrons. The molecule has 190 valence electrons. The van der Waals surface area contributed by atoms with Crippen molar-refractivity contribution in [3.05, 3.63) is 64.2 Å². The van der Waals surface area contributed by atoms with Crippen molar-refractivity contribution in [3.63, 3.8) is 0 Å². The van der Waals surface area contributed by atoms with Gasteiger partial charge in [-0.25, -0.2) is 4.79 Å². The summed E-state index contributed by atoms with van der Waals surface area (Å²) in [6.07, 6.45) is 1.06. The Balaban J connectivity index is 2.21. The lowest BCUT2D eigenvalue weighted by Gasteiger charge is -2.25. The zero-order chi connectivity index (χ0) is 26.4. The molecule has 0 saturated carbocycles. The molecule has 1 N–H and O–H groups in total. The number of hydrogen-bond donors (Lipinski definition) is 1. The van der Waals surface area contributed by atoms with E-state index in [-0.39, 0.29) is 30.0 Å². The summed E-state index contributed by atoms with van der Waals surface area (Å²) < 4.78 is 10.8. The van der Waals surface area contributed by atoms with Crippen LogP contribution in [0.25, 0.3) is 0 Å². The number of carbonyl (C=O) groups is 3. The van der Waals surface area contributed by atoms with Gasteiger partial charge in [0, 0.05) is 17.1 Å². The highest BCUT2D eigenvalue weighted by molar-refractivity contribution is 6.31. The number of ether oxygens (including phenoxy) is 2. The number of phenolic OH excluding ortho intramolecular Hbond substituents is 1. The molecule has 1 amide bonds. The number of hydrogen-bond acceptors (Lipinski definition) is 6. The molecule has 0 aromatic heterocycles. The second-order valence-corrected chi connectivity index (χ2v) is 10.7. The van der Waals surface area contributed by atoms with Crippen molar-refractivity contribution in [1.82, 2.24) is 4.90 Å². The number of benzene rings is 2. The van der Waals surface area contributed by atoms with Crippen molar-refractivity contribution in [2.45, 2.75) is 65.6 Å². The number of esters is 2. The van der Waals surface area contributed by atoms with Crippen LogP contribution in [-0.2, 0) is 20.7 Å². The smallest absolute Gasteiger partial charge is 0.338 e. The minimum absolute atomic E-state index is 0.0744. The van der Waals surface area contributed by atoms with Gasteiger partial charge in [-0.1, -0.05) is 23.7 Å². The van der Waals surface area contributed by atoms with Crippen LogP contribution in [0.1, 0.15) is 74.2 Å². The van der Waals surface area contributed by atoms with Crippen LogP contribution in [0.3, 0.4) is 0 Å². The lowest BCUT2D eigenvalue weighted by molar-refractivity contribution is -0.155. The number of rotatable bonds is 8. The van der Waals surface area contributed by atoms with E-state index in [1.165, 1.54) is 17.0 Å². The fraction of sp³-hybridized carbons (Fsp3) is 0.444. The van der Waals surface area contributed by atoms with E-state index >= 15 is 0 Å². The predicted octanol–water partition coefficient (Wildman–Crippen LogP) is 5.42. The van der Waals surface area contributed by atoms with Crippen LogP contribution < -0.4 is 0 Å². The second-order valence-electron chi connectivity index (χ2n) is 10.3. The van der Waals surface area contributed by atoms with Gasteiger partial charge in [0.05, 0.1) is 5.56 Å². The van der Waals surface area contributed by atoms with Crippen LogP contribution in [-0.4, -0.2) is 52.1 Å². The number of phenols is 1. The van der Waals surface area contributed by atoms with E-state index in [4.69, 9.17) is 21.1 Å². The maximum absolute atomic E-state index is 13.4. The molecular weight excluding hydrogens is 470 g/mol. The Bertz CT molecular complexity index is 1070. The van der Waals surface area contributed by atoms with Crippen LogP contribution in [0, 0.1) is 0 Å². The summed E-state index contributed by atoms with van der Waals surface area (Å²) in [4.78, 5) is 39.8. The van der Waals surface area contributed by atoms with Crippen molar-refractivity contribution in [2.75, 3.05) is 13.1 Å². The van der Waals surface area contributed by atoms with E-state index in [2.05, 4.69) is 0 Å². The summed E-state index contributed by atoms with van der Waals surface area (Å²) in [6, 6.07) is 11.0. The van der Waals surface area contributed by atoms with Crippen LogP contribution >= 0.6 is 11.6 Å². The van der Waals surface area contributed by atoms with E-state index in [1.807, 2.05) is 0 Å². The molecule has 0 spiro atoms. The highest BCUT2D eigenvalue weighted by Gasteiger charge is 2.24. The van der Waals surface area contributed by atoms with Crippen LogP contribution in [0.2, 0.25) is 5.02 Å². The Morgan fingerprint density at radius 1 is 0.914 bits per heavy atom. The Morgan fingerprint density at radius 3 is 2.14 bits per heavy atom. The van der Waals surface area contributed by atoms with Gasteiger partial charge in [-0.3, -0.25) is 9.59 Å². The summed E-state index contributed by atoms with van der Waals surface area (Å²) >= 11 is 6.19. The van der Waals surface area contributed by atoms with Gasteiger partial charge in [-0.05, 0) is 90.3 Å². The number of carbonyl (C=O) groups excluding carboxylic acids is 3. The molecule has 0 aliphatic rings. The number of nitrogens with zero attached hydrogens (tertiary/aromatic N) is 1. The van der Waals surface area contributed by atoms with Crippen molar-refractivity contribution in [1.29, 1.82) is 0 Å². The van der Waals surface area contributed by atoms with Gasteiger partial charge >= 0.3 is 11.9 Å². The van der Waals surface area contributed by atoms with Gasteiger partial charge in [0.15, 0.2) is 0 Å². The van der Waals surface area contributed by atoms with E-state index in [0.29, 0.717) is 17.9 Å². The van der Waals surface area contributed by atoms with Crippen molar-refractivity contribution in [3.8, 4) is 5.75 Å². The Kier molecular flexibility index (Phi) is 9.32. The molecule has 0 aliphatic carbocycles. The molecular formula is C27H34ClNO6. The fourth-order valence-electron chi connectivity index (χ4n) is 3.28. The van der Waals surface area contributed by atoms with Crippen molar-refractivity contribution in [2.24, 2.45) is 0 Å². The third-order valence-electron chi connectivity index (χ3n) is 4.68. The minimum Gasteiger partial charge on any atom is -0.508 e. The number of halogens is 1. The first-order valence-corrected chi connectivity index (χ1v) is 11.8. The van der Waals surface area contributed by atoms with Crippen LogP contribution in [0.15, 0.2) is 42.5 Å². The third kappa shape index (κ3) is 9.61. The number of amides is 1. The third-order valence-corrected chi connectivity index (χ3v) is 5.03. The van der Waals surface area contributed by atoms with Crippen LogP contribution in [0.4, 0.5) is 0 Å². The van der Waals surface area contributed by atoms with Gasteiger partial charge in [-0.2, -0.15) is 0 Å². The number of aryl methyl sites for hydroxylation is 1. The van der Waals surface area contributed by atoms with E-state index < -0.39 is 29.0 Å². The highest BCUT2D eigenvalue weighted by atomic mass is 35.5. The molecule has 0 saturated heterocycles. The standard InChI is InChI=1S/C27H34ClNO6/c1-26(2,3)34-23(31)17-29(14-8-11-18-12-13-21(30)16-22(18)28)24(32)19-9-7-10-20(15-19)25(33)35-27(4,5)6/h7,9-10,12-13,15-16,30H,8,11,14,17H2,1-6H3. The maximum Gasteiger partial charge on any atom is 0.338 e. The highest BCUT2D eigenvalue weighted by Crippen LogP contribution is 2.23. The molecule has 35 heavy (non-hydrogen) atoms. The molecule has 0 unspecified atom stereocenters. The summed E-state index contributed by atoms with van der Waals surface area (Å²) in [5, 5.41) is 9.97. The van der Waals surface area contributed by atoms with Crippen molar-refractivity contribution < 1.29 is 29.0 Å². The zero-order valence-electron chi connectivity index (χ0n) is 21.2. The van der Waals surface area contributed by atoms with Gasteiger partial charge in [0.25, 0.3) is 5.91 Å². The lowest BCUT2D eigenvalue weighted by atomic mass is 10.1. The molecule has 0 heterocycles. The molecule has 2 rings (SSSR count). The summed E-state index contributed by atoms with van der Waals surface area (Å²) in [7, 11) is 0. The molecule has 0 atom stereocenters. The maximum atomic E-state index is 13.4. The van der Waals surface area contributed by atoms with Gasteiger partial charge in [0.2, 0.25) is 0 Å². The molecule has 0 fully saturated rings. The van der Waals surface area contributed by atoms with E-state index in [1.54, 1.807) is 71.9 Å². The Hall–Kier alpha value is -3.06. The molecule has 0 aliphatic heterocycles. The summed E-state index contributed by atoms with van der Waals surface area (Å²) in [6.45, 7) is 10.6. The van der Waals surface area contributed by atoms with E-state index in [0.717, 1.165) is 5.56 Å². The van der Waals surface area contributed by atoms with Gasteiger partial charge < -0.3 is 19.5 Å². The Labute approximate surface area is 212 Å². The molecule has 7 nitrogen and oxygen atoms in total. The SMILES string of the molecule is CC(C)(C)OC(=O)CN(CCCc1ccc(O)cc1Cl)C(=O)c1cccc(C(=O)OC(C)(C)C)c1. The van der Waals surface area contributed by atoms with Gasteiger partial charge in [0.1, 0.15) is 23.5 Å². The topological polar surface area (TPSA) is 93.1 Å². The van der Waals surface area contributed by atoms with E-state index in [9.17, 15) is 19.5 Å². The molecule has 8 heteroatoms. The largest absolute Gasteiger partial charge is 0.508 e. The molecule has 2 aromatic rings. The first-order chi connectivity index (χ1) is 16.1. The Morgan fingerprint density at radius 2 is 1.54 bits per heavy atom. The average Bonchev–Trinajstić information content (AvgIpc) is 2.71. The monoisotopic (exact) mass is 503 g/mol. The van der Waals surface area contributed by atoms with Gasteiger partial charge in [-0.15, -0.1) is 0 Å². The quantitative estimate of drug-likeness (QED) is 0.483. The fourth-order valence-corrected chi connectivity index (χ4v) is 3.55. The predicted molar refractivity (Wildman–Crippen MR) is 135 cm³/mol. The van der Waals surface area contributed by atoms with Crippen molar-refractivity contribution >= 4 is 29.4 Å². The average molecular weight is 504 g/mol. The minimum atomic E-state index is -0.692. The molecule has 0 bridgehead atoms. The molecule has 2 aromatic carbocycles. The zero-order valence-corrected chi connectivity index (χ0v) is 21.9. The summed E-state index contributed by atoms with van der Waals surface area (Å²) in [5.74, 6) is -1.40. The lowest BCUT2D eigenvalue weighted by Crippen LogP contribution is -2.39. The second kappa shape index (κ2) is 11.6. The first kappa shape index (κ1) is 28.2.